The highest BCUT2D eigenvalue weighted by molar-refractivity contribution is 4.99. The summed E-state index contributed by atoms with van der Waals surface area (Å²) in [6, 6.07) is 0.0903. The Balaban J connectivity index is 2.09. The summed E-state index contributed by atoms with van der Waals surface area (Å²) in [5.41, 5.74) is 0. The van der Waals surface area contributed by atoms with Gasteiger partial charge in [0.05, 0.1) is 6.04 Å². The Morgan fingerprint density at radius 2 is 2.15 bits per heavy atom. The van der Waals surface area contributed by atoms with Crippen LogP contribution in [0.15, 0.2) is 12.7 Å². The lowest BCUT2D eigenvalue weighted by Crippen LogP contribution is -2.27. The Morgan fingerprint density at radius 3 is 2.80 bits per heavy atom. The van der Waals surface area contributed by atoms with Gasteiger partial charge in [0.2, 0.25) is 0 Å². The second-order valence-corrected chi connectivity index (χ2v) is 5.33. The van der Waals surface area contributed by atoms with Crippen LogP contribution in [-0.4, -0.2) is 36.5 Å². The van der Waals surface area contributed by atoms with E-state index in [0.717, 1.165) is 37.6 Å². The van der Waals surface area contributed by atoms with Crippen LogP contribution in [0.4, 0.5) is 0 Å². The summed E-state index contributed by atoms with van der Waals surface area (Å²) in [7, 11) is 0. The Kier molecular flexibility index (Phi) is 5.23. The molecule has 0 aliphatic carbocycles. The van der Waals surface area contributed by atoms with Crippen LogP contribution in [0, 0.1) is 5.92 Å². The lowest BCUT2D eigenvalue weighted by Gasteiger charge is -2.16. The van der Waals surface area contributed by atoms with Crippen molar-refractivity contribution >= 4 is 0 Å². The van der Waals surface area contributed by atoms with Gasteiger partial charge >= 0.3 is 0 Å². The van der Waals surface area contributed by atoms with Crippen LogP contribution in [0.3, 0.4) is 0 Å². The fourth-order valence-corrected chi connectivity index (χ4v) is 2.09. The van der Waals surface area contributed by atoms with Gasteiger partial charge in [-0.1, -0.05) is 20.8 Å². The largest absolute Gasteiger partial charge is 0.307 e. The Bertz CT molecular complexity index is 489. The van der Waals surface area contributed by atoms with Crippen LogP contribution in [0.25, 0.3) is 0 Å². The highest BCUT2D eigenvalue weighted by Gasteiger charge is 2.18. The van der Waals surface area contributed by atoms with Crippen molar-refractivity contribution in [3.05, 3.63) is 24.3 Å². The number of H-pyrrole nitrogens is 1. The Morgan fingerprint density at radius 1 is 1.30 bits per heavy atom. The molecule has 7 nitrogen and oxygen atoms in total. The molecule has 0 saturated carbocycles. The lowest BCUT2D eigenvalue weighted by molar-refractivity contribution is 0.437. The SMILES string of the molecule is CCCNC(Cc1ncnn1CC(C)C)c1ncn[nH]1. The normalized spacial score (nSPS) is 13.0. The van der Waals surface area contributed by atoms with Gasteiger partial charge in [-0.25, -0.2) is 14.6 Å². The molecule has 0 amide bonds. The molecule has 0 fully saturated rings. The molecule has 7 heteroatoms. The summed E-state index contributed by atoms with van der Waals surface area (Å²) in [6.07, 6.45) is 4.98. The number of hydrogen-bond acceptors (Lipinski definition) is 5. The van der Waals surface area contributed by atoms with E-state index in [1.54, 1.807) is 6.33 Å². The third kappa shape index (κ3) is 3.86. The number of aromatic amines is 1. The molecule has 2 rings (SSSR count). The Labute approximate surface area is 119 Å². The quantitative estimate of drug-likeness (QED) is 0.760. The molecule has 1 atom stereocenters. The predicted molar refractivity (Wildman–Crippen MR) is 76.0 cm³/mol. The molecule has 0 bridgehead atoms. The number of rotatable bonds is 8. The summed E-state index contributed by atoms with van der Waals surface area (Å²) in [5, 5.41) is 14.6. The number of hydrogen-bond donors (Lipinski definition) is 2. The number of nitrogens with one attached hydrogen (secondary N) is 2. The van der Waals surface area contributed by atoms with E-state index < -0.39 is 0 Å². The van der Waals surface area contributed by atoms with Crippen molar-refractivity contribution in [1.29, 1.82) is 0 Å². The van der Waals surface area contributed by atoms with Gasteiger partial charge in [0.1, 0.15) is 24.3 Å². The third-order valence-electron chi connectivity index (χ3n) is 3.02. The van der Waals surface area contributed by atoms with E-state index in [2.05, 4.69) is 51.4 Å². The van der Waals surface area contributed by atoms with E-state index in [-0.39, 0.29) is 6.04 Å². The standard InChI is InChI=1S/C13H23N7/c1-4-5-14-11(13-16-8-17-19-13)6-12-15-9-18-20(12)7-10(2)3/h8-11,14H,4-7H2,1-3H3,(H,16,17,19). The molecule has 0 radical (unpaired) electrons. The van der Waals surface area contributed by atoms with Gasteiger partial charge in [0.25, 0.3) is 0 Å². The van der Waals surface area contributed by atoms with Crippen molar-refractivity contribution in [2.45, 2.75) is 46.2 Å². The zero-order valence-electron chi connectivity index (χ0n) is 12.4. The summed E-state index contributed by atoms with van der Waals surface area (Å²) >= 11 is 0. The molecular formula is C13H23N7. The zero-order valence-corrected chi connectivity index (χ0v) is 12.4. The van der Waals surface area contributed by atoms with Gasteiger partial charge in [-0.2, -0.15) is 10.2 Å². The molecule has 2 heterocycles. The zero-order chi connectivity index (χ0) is 14.4. The van der Waals surface area contributed by atoms with E-state index >= 15 is 0 Å². The number of aromatic nitrogens is 6. The molecule has 2 aromatic rings. The Hall–Kier alpha value is -1.76. The van der Waals surface area contributed by atoms with Crippen LogP contribution in [-0.2, 0) is 13.0 Å². The van der Waals surface area contributed by atoms with Gasteiger partial charge in [-0.05, 0) is 18.9 Å². The predicted octanol–water partition coefficient (Wildman–Crippen LogP) is 1.34. The summed E-state index contributed by atoms with van der Waals surface area (Å²) < 4.78 is 1.97. The van der Waals surface area contributed by atoms with E-state index in [9.17, 15) is 0 Å². The highest BCUT2D eigenvalue weighted by Crippen LogP contribution is 2.13. The summed E-state index contributed by atoms with van der Waals surface area (Å²) in [5.74, 6) is 2.36. The van der Waals surface area contributed by atoms with Crippen molar-refractivity contribution in [3.63, 3.8) is 0 Å². The third-order valence-corrected chi connectivity index (χ3v) is 3.02. The maximum atomic E-state index is 4.38. The smallest absolute Gasteiger partial charge is 0.141 e. The fraction of sp³-hybridized carbons (Fsp3) is 0.692. The fourth-order valence-electron chi connectivity index (χ4n) is 2.09. The van der Waals surface area contributed by atoms with Crippen LogP contribution in [0.2, 0.25) is 0 Å². The second kappa shape index (κ2) is 7.14. The molecule has 0 aromatic carbocycles. The average Bonchev–Trinajstić information content (AvgIpc) is 3.05. The molecular weight excluding hydrogens is 254 g/mol. The minimum Gasteiger partial charge on any atom is -0.307 e. The average molecular weight is 277 g/mol. The van der Waals surface area contributed by atoms with E-state index in [1.807, 2.05) is 4.68 Å². The first-order valence-corrected chi connectivity index (χ1v) is 7.16. The topological polar surface area (TPSA) is 84.3 Å². The van der Waals surface area contributed by atoms with E-state index in [4.69, 9.17) is 0 Å². The second-order valence-electron chi connectivity index (χ2n) is 5.33. The summed E-state index contributed by atoms with van der Waals surface area (Å²) in [6.45, 7) is 8.31. The first-order chi connectivity index (χ1) is 9.70. The molecule has 110 valence electrons. The maximum absolute atomic E-state index is 4.38. The molecule has 20 heavy (non-hydrogen) atoms. The van der Waals surface area contributed by atoms with Crippen LogP contribution >= 0.6 is 0 Å². The van der Waals surface area contributed by atoms with Crippen molar-refractivity contribution in [2.24, 2.45) is 5.92 Å². The molecule has 1 unspecified atom stereocenters. The lowest BCUT2D eigenvalue weighted by atomic mass is 10.1. The maximum Gasteiger partial charge on any atom is 0.141 e. The van der Waals surface area contributed by atoms with E-state index in [0.29, 0.717) is 5.92 Å². The van der Waals surface area contributed by atoms with Gasteiger partial charge in [0.15, 0.2) is 0 Å². The van der Waals surface area contributed by atoms with Crippen LogP contribution < -0.4 is 5.32 Å². The number of nitrogens with zero attached hydrogens (tertiary/aromatic N) is 5. The van der Waals surface area contributed by atoms with Crippen molar-refractivity contribution in [1.82, 2.24) is 35.3 Å². The molecule has 2 N–H and O–H groups in total. The first-order valence-electron chi connectivity index (χ1n) is 7.16. The monoisotopic (exact) mass is 277 g/mol. The highest BCUT2D eigenvalue weighted by atomic mass is 15.3. The molecule has 0 aliphatic rings. The van der Waals surface area contributed by atoms with Crippen LogP contribution in [0.5, 0.6) is 0 Å². The summed E-state index contributed by atoms with van der Waals surface area (Å²) in [4.78, 5) is 8.63. The minimum absolute atomic E-state index is 0.0903. The van der Waals surface area contributed by atoms with Crippen LogP contribution in [0.1, 0.15) is 44.9 Å². The minimum atomic E-state index is 0.0903. The van der Waals surface area contributed by atoms with Crippen molar-refractivity contribution in [3.8, 4) is 0 Å². The van der Waals surface area contributed by atoms with Crippen molar-refractivity contribution < 1.29 is 0 Å². The van der Waals surface area contributed by atoms with E-state index in [1.165, 1.54) is 6.33 Å². The van der Waals surface area contributed by atoms with Gasteiger partial charge in [-0.3, -0.25) is 5.10 Å². The molecule has 2 aromatic heterocycles. The molecule has 0 aliphatic heterocycles. The van der Waals surface area contributed by atoms with Crippen molar-refractivity contribution in [2.75, 3.05) is 6.54 Å². The van der Waals surface area contributed by atoms with Gasteiger partial charge in [-0.15, -0.1) is 0 Å². The van der Waals surface area contributed by atoms with Gasteiger partial charge in [0, 0.05) is 13.0 Å². The molecule has 0 spiro atoms. The van der Waals surface area contributed by atoms with Gasteiger partial charge < -0.3 is 5.32 Å². The first kappa shape index (κ1) is 14.6. The molecule has 0 saturated heterocycles.